The minimum Gasteiger partial charge on any atom is -0.385 e. The molecular formula is C14H23N3O3. The van der Waals surface area contributed by atoms with Gasteiger partial charge in [0.25, 0.3) is 5.69 Å². The third-order valence-electron chi connectivity index (χ3n) is 3.25. The summed E-state index contributed by atoms with van der Waals surface area (Å²) in [5, 5.41) is 14.3. The van der Waals surface area contributed by atoms with Crippen molar-refractivity contribution in [2.75, 3.05) is 20.3 Å². The zero-order valence-corrected chi connectivity index (χ0v) is 12.4. The molecule has 0 bridgehead atoms. The topological polar surface area (TPSA) is 77.3 Å². The van der Waals surface area contributed by atoms with Crippen molar-refractivity contribution < 1.29 is 9.66 Å². The van der Waals surface area contributed by atoms with E-state index >= 15 is 0 Å². The van der Waals surface area contributed by atoms with Gasteiger partial charge in [-0.2, -0.15) is 0 Å². The number of pyridine rings is 1. The Labute approximate surface area is 119 Å². The first-order valence-corrected chi connectivity index (χ1v) is 6.87. The number of hydrogen-bond donors (Lipinski definition) is 1. The zero-order chi connectivity index (χ0) is 15.0. The molecule has 0 aliphatic rings. The van der Waals surface area contributed by atoms with Crippen LogP contribution in [0.3, 0.4) is 0 Å². The third-order valence-corrected chi connectivity index (χ3v) is 3.25. The van der Waals surface area contributed by atoms with Crippen molar-refractivity contribution in [2.24, 2.45) is 0 Å². The predicted octanol–water partition coefficient (Wildman–Crippen LogP) is 2.51. The maximum Gasteiger partial charge on any atom is 0.278 e. The first-order chi connectivity index (χ1) is 9.57. The Kier molecular flexibility index (Phi) is 7.11. The van der Waals surface area contributed by atoms with E-state index in [4.69, 9.17) is 4.74 Å². The van der Waals surface area contributed by atoms with Gasteiger partial charge in [0.15, 0.2) is 0 Å². The average Bonchev–Trinajstić information content (AvgIpc) is 2.39. The fraction of sp³-hybridized carbons (Fsp3) is 0.643. The number of aromatic nitrogens is 1. The van der Waals surface area contributed by atoms with Crippen molar-refractivity contribution in [1.29, 1.82) is 0 Å². The molecule has 1 heterocycles. The molecule has 0 saturated heterocycles. The second-order valence-electron chi connectivity index (χ2n) is 4.85. The van der Waals surface area contributed by atoms with Crippen LogP contribution in [0.15, 0.2) is 6.20 Å². The van der Waals surface area contributed by atoms with Gasteiger partial charge in [-0.15, -0.1) is 0 Å². The number of methoxy groups -OCH3 is 1. The van der Waals surface area contributed by atoms with Crippen LogP contribution in [0.5, 0.6) is 0 Å². The summed E-state index contributed by atoms with van der Waals surface area (Å²) in [6.07, 6.45) is 4.81. The second kappa shape index (κ2) is 8.60. The second-order valence-corrected chi connectivity index (χ2v) is 4.85. The molecule has 0 radical (unpaired) electrons. The molecule has 6 heteroatoms. The molecule has 0 amide bonds. The highest BCUT2D eigenvalue weighted by molar-refractivity contribution is 5.47. The van der Waals surface area contributed by atoms with Crippen molar-refractivity contribution in [3.8, 4) is 0 Å². The molecule has 1 aromatic rings. The Morgan fingerprint density at radius 3 is 2.75 bits per heavy atom. The van der Waals surface area contributed by atoms with Crippen LogP contribution in [-0.4, -0.2) is 30.2 Å². The fourth-order valence-corrected chi connectivity index (χ4v) is 2.10. The van der Waals surface area contributed by atoms with Crippen molar-refractivity contribution in [3.63, 3.8) is 0 Å². The fourth-order valence-electron chi connectivity index (χ4n) is 2.10. The van der Waals surface area contributed by atoms with Crippen LogP contribution < -0.4 is 5.32 Å². The SMILES string of the molecule is COCCCCCNCc1ncc(C)c([N+](=O)[O-])c1C. The van der Waals surface area contributed by atoms with Gasteiger partial charge in [0.2, 0.25) is 0 Å². The first-order valence-electron chi connectivity index (χ1n) is 6.87. The number of unbranched alkanes of at least 4 members (excludes halogenated alkanes) is 2. The van der Waals surface area contributed by atoms with Gasteiger partial charge in [0, 0.05) is 37.6 Å². The third kappa shape index (κ3) is 4.86. The molecule has 1 rings (SSSR count). The van der Waals surface area contributed by atoms with Gasteiger partial charge in [0.05, 0.1) is 10.6 Å². The van der Waals surface area contributed by atoms with Gasteiger partial charge in [-0.05, 0) is 39.7 Å². The average molecular weight is 281 g/mol. The molecule has 0 aromatic carbocycles. The summed E-state index contributed by atoms with van der Waals surface area (Å²) < 4.78 is 4.99. The number of ether oxygens (including phenoxy) is 1. The Morgan fingerprint density at radius 2 is 2.10 bits per heavy atom. The van der Waals surface area contributed by atoms with Gasteiger partial charge in [0.1, 0.15) is 0 Å². The summed E-state index contributed by atoms with van der Waals surface area (Å²) in [6, 6.07) is 0. The minimum atomic E-state index is -0.333. The molecule has 0 aliphatic heterocycles. The molecular weight excluding hydrogens is 258 g/mol. The van der Waals surface area contributed by atoms with E-state index in [2.05, 4.69) is 10.3 Å². The summed E-state index contributed by atoms with van der Waals surface area (Å²) in [5.74, 6) is 0. The molecule has 112 valence electrons. The van der Waals surface area contributed by atoms with Gasteiger partial charge in [-0.1, -0.05) is 0 Å². The van der Waals surface area contributed by atoms with Crippen LogP contribution in [-0.2, 0) is 11.3 Å². The molecule has 1 aromatic heterocycles. The Hall–Kier alpha value is -1.53. The highest BCUT2D eigenvalue weighted by Gasteiger charge is 2.18. The number of aryl methyl sites for hydroxylation is 1. The van der Waals surface area contributed by atoms with Gasteiger partial charge >= 0.3 is 0 Å². The van der Waals surface area contributed by atoms with Gasteiger partial charge in [-0.25, -0.2) is 0 Å². The smallest absolute Gasteiger partial charge is 0.278 e. The summed E-state index contributed by atoms with van der Waals surface area (Å²) in [4.78, 5) is 15.0. The van der Waals surface area contributed by atoms with E-state index in [9.17, 15) is 10.1 Å². The Morgan fingerprint density at radius 1 is 1.35 bits per heavy atom. The summed E-state index contributed by atoms with van der Waals surface area (Å²) >= 11 is 0. The lowest BCUT2D eigenvalue weighted by Gasteiger charge is -2.08. The lowest BCUT2D eigenvalue weighted by atomic mass is 10.1. The van der Waals surface area contributed by atoms with E-state index in [0.29, 0.717) is 17.7 Å². The van der Waals surface area contributed by atoms with E-state index in [1.807, 2.05) is 0 Å². The van der Waals surface area contributed by atoms with Crippen LogP contribution in [0.4, 0.5) is 5.69 Å². The minimum absolute atomic E-state index is 0.178. The van der Waals surface area contributed by atoms with Crippen LogP contribution in [0, 0.1) is 24.0 Å². The largest absolute Gasteiger partial charge is 0.385 e. The van der Waals surface area contributed by atoms with E-state index in [1.54, 1.807) is 27.2 Å². The standard InChI is InChI=1S/C14H23N3O3/c1-11-9-16-13(12(2)14(11)17(18)19)10-15-7-5-4-6-8-20-3/h9,15H,4-8,10H2,1-3H3. The lowest BCUT2D eigenvalue weighted by molar-refractivity contribution is -0.386. The van der Waals surface area contributed by atoms with Gasteiger partial charge in [-0.3, -0.25) is 15.1 Å². The highest BCUT2D eigenvalue weighted by atomic mass is 16.6. The van der Waals surface area contributed by atoms with Crippen molar-refractivity contribution in [2.45, 2.75) is 39.7 Å². The number of rotatable bonds is 9. The van der Waals surface area contributed by atoms with Crippen LogP contribution in [0.2, 0.25) is 0 Å². The summed E-state index contributed by atoms with van der Waals surface area (Å²) in [5.41, 5.74) is 2.19. The summed E-state index contributed by atoms with van der Waals surface area (Å²) in [7, 11) is 1.71. The van der Waals surface area contributed by atoms with Crippen molar-refractivity contribution in [3.05, 3.63) is 33.1 Å². The highest BCUT2D eigenvalue weighted by Crippen LogP contribution is 2.23. The molecule has 0 atom stereocenters. The number of nitrogens with one attached hydrogen (secondary N) is 1. The maximum atomic E-state index is 11.0. The number of nitrogens with zero attached hydrogens (tertiary/aromatic N) is 2. The number of nitro groups is 1. The number of hydrogen-bond acceptors (Lipinski definition) is 5. The van der Waals surface area contributed by atoms with E-state index < -0.39 is 0 Å². The van der Waals surface area contributed by atoms with Crippen LogP contribution in [0.25, 0.3) is 0 Å². The van der Waals surface area contributed by atoms with E-state index in [-0.39, 0.29) is 10.6 Å². The molecule has 0 spiro atoms. The Balaban J connectivity index is 2.45. The Bertz CT molecular complexity index is 450. The van der Waals surface area contributed by atoms with Crippen LogP contribution in [0.1, 0.15) is 36.1 Å². The normalized spacial score (nSPS) is 10.8. The van der Waals surface area contributed by atoms with Crippen LogP contribution >= 0.6 is 0 Å². The monoisotopic (exact) mass is 281 g/mol. The summed E-state index contributed by atoms with van der Waals surface area (Å²) in [6.45, 7) is 5.72. The van der Waals surface area contributed by atoms with Crippen molar-refractivity contribution >= 4 is 5.69 Å². The first kappa shape index (κ1) is 16.5. The molecule has 0 unspecified atom stereocenters. The van der Waals surface area contributed by atoms with E-state index in [0.717, 1.165) is 38.1 Å². The molecule has 0 saturated carbocycles. The quantitative estimate of drug-likeness (QED) is 0.427. The van der Waals surface area contributed by atoms with Crippen molar-refractivity contribution in [1.82, 2.24) is 10.3 Å². The molecule has 0 aliphatic carbocycles. The lowest BCUT2D eigenvalue weighted by Crippen LogP contribution is -2.17. The molecule has 0 fully saturated rings. The molecule has 1 N–H and O–H groups in total. The molecule has 20 heavy (non-hydrogen) atoms. The van der Waals surface area contributed by atoms with E-state index in [1.165, 1.54) is 0 Å². The predicted molar refractivity (Wildman–Crippen MR) is 77.8 cm³/mol. The van der Waals surface area contributed by atoms with Gasteiger partial charge < -0.3 is 10.1 Å². The maximum absolute atomic E-state index is 11.0. The molecule has 6 nitrogen and oxygen atoms in total. The zero-order valence-electron chi connectivity index (χ0n) is 12.4.